The van der Waals surface area contributed by atoms with E-state index in [1.807, 2.05) is 32.9 Å². The van der Waals surface area contributed by atoms with Crippen LogP contribution in [-0.2, 0) is 20.0 Å². The molecule has 0 unspecified atom stereocenters. The molecule has 0 amide bonds. The maximum absolute atomic E-state index is 12.9. The molecular weight excluding hydrogens is 424 g/mol. The molecule has 1 aliphatic heterocycles. The fourth-order valence-electron chi connectivity index (χ4n) is 3.35. The van der Waals surface area contributed by atoms with Gasteiger partial charge < -0.3 is 4.74 Å². The van der Waals surface area contributed by atoms with Crippen molar-refractivity contribution in [1.82, 2.24) is 8.61 Å². The van der Waals surface area contributed by atoms with Crippen molar-refractivity contribution < 1.29 is 21.6 Å². The Labute approximate surface area is 179 Å². The van der Waals surface area contributed by atoms with Gasteiger partial charge in [0.2, 0.25) is 20.0 Å². The number of hydrogen-bond acceptors (Lipinski definition) is 5. The van der Waals surface area contributed by atoms with E-state index in [1.54, 1.807) is 24.3 Å². The molecule has 0 aromatic heterocycles. The van der Waals surface area contributed by atoms with Gasteiger partial charge in [-0.2, -0.15) is 8.61 Å². The zero-order valence-electron chi connectivity index (χ0n) is 17.5. The van der Waals surface area contributed by atoms with Crippen LogP contribution in [0.25, 0.3) is 0 Å². The molecule has 0 radical (unpaired) electrons. The molecule has 0 spiro atoms. The lowest BCUT2D eigenvalue weighted by molar-refractivity contribution is 0.273. The van der Waals surface area contributed by atoms with E-state index in [1.165, 1.54) is 20.7 Å². The van der Waals surface area contributed by atoms with E-state index in [4.69, 9.17) is 4.74 Å². The third-order valence-electron chi connectivity index (χ3n) is 5.15. The normalized spacial score (nSPS) is 16.7. The molecule has 0 bridgehead atoms. The van der Waals surface area contributed by atoms with Crippen molar-refractivity contribution in [1.29, 1.82) is 0 Å². The molecule has 0 atom stereocenters. The van der Waals surface area contributed by atoms with Gasteiger partial charge in [0.1, 0.15) is 5.75 Å². The molecule has 1 fully saturated rings. The van der Waals surface area contributed by atoms with Crippen LogP contribution in [0.3, 0.4) is 0 Å². The molecule has 0 aliphatic carbocycles. The molecule has 30 heavy (non-hydrogen) atoms. The molecule has 0 N–H and O–H groups in total. The minimum absolute atomic E-state index is 0.110. The van der Waals surface area contributed by atoms with Gasteiger partial charge in [0.15, 0.2) is 0 Å². The third kappa shape index (κ3) is 4.69. The van der Waals surface area contributed by atoms with Crippen molar-refractivity contribution in [2.75, 3.05) is 32.8 Å². The fourth-order valence-corrected chi connectivity index (χ4v) is 6.19. The highest BCUT2D eigenvalue weighted by Crippen LogP contribution is 2.24. The second kappa shape index (κ2) is 9.05. The molecular formula is C21H28N2O5S2. The van der Waals surface area contributed by atoms with Crippen LogP contribution >= 0.6 is 0 Å². The average Bonchev–Trinajstić information content (AvgIpc) is 2.74. The molecule has 2 aromatic rings. The van der Waals surface area contributed by atoms with Crippen LogP contribution in [0.2, 0.25) is 0 Å². The summed E-state index contributed by atoms with van der Waals surface area (Å²) >= 11 is 0. The van der Waals surface area contributed by atoms with E-state index >= 15 is 0 Å². The summed E-state index contributed by atoms with van der Waals surface area (Å²) in [6.45, 7) is 6.91. The maximum atomic E-state index is 12.9. The lowest BCUT2D eigenvalue weighted by Crippen LogP contribution is -2.50. The SMILES string of the molecule is CCOc1ccc(S(=O)(=O)N2CCN(S(=O)(=O)c3ccc(C(C)C)cc3)CC2)cc1. The number of piperazine rings is 1. The summed E-state index contributed by atoms with van der Waals surface area (Å²) in [5, 5.41) is 0. The Morgan fingerprint density at radius 2 is 1.17 bits per heavy atom. The van der Waals surface area contributed by atoms with Gasteiger partial charge in [-0.1, -0.05) is 26.0 Å². The highest BCUT2D eigenvalue weighted by molar-refractivity contribution is 7.89. The summed E-state index contributed by atoms with van der Waals surface area (Å²) < 4.78 is 59.7. The monoisotopic (exact) mass is 452 g/mol. The fraction of sp³-hybridized carbons (Fsp3) is 0.429. The molecule has 3 rings (SSSR count). The number of sulfonamides is 2. The van der Waals surface area contributed by atoms with Gasteiger partial charge in [0.05, 0.1) is 16.4 Å². The van der Waals surface area contributed by atoms with Crippen LogP contribution in [0, 0.1) is 0 Å². The van der Waals surface area contributed by atoms with Crippen molar-refractivity contribution in [2.45, 2.75) is 36.5 Å². The van der Waals surface area contributed by atoms with Crippen LogP contribution in [0.4, 0.5) is 0 Å². The highest BCUT2D eigenvalue weighted by atomic mass is 32.2. The molecule has 9 heteroatoms. The second-order valence-corrected chi connectivity index (χ2v) is 11.3. The Kier molecular flexibility index (Phi) is 6.86. The molecule has 1 heterocycles. The van der Waals surface area contributed by atoms with E-state index in [-0.39, 0.29) is 36.0 Å². The van der Waals surface area contributed by atoms with Crippen LogP contribution in [-0.4, -0.2) is 58.2 Å². The lowest BCUT2D eigenvalue weighted by atomic mass is 10.0. The minimum Gasteiger partial charge on any atom is -0.494 e. The topological polar surface area (TPSA) is 84.0 Å². The molecule has 1 saturated heterocycles. The molecule has 0 saturated carbocycles. The van der Waals surface area contributed by atoms with Gasteiger partial charge in [-0.05, 0) is 54.8 Å². The number of hydrogen-bond donors (Lipinski definition) is 0. The standard InChI is InChI=1S/C21H28N2O5S2/c1-4-28-19-7-11-21(12-8-19)30(26,27)23-15-13-22(14-16-23)29(24,25)20-9-5-18(6-10-20)17(2)3/h5-12,17H,4,13-16H2,1-3H3. The number of benzene rings is 2. The maximum Gasteiger partial charge on any atom is 0.243 e. The van der Waals surface area contributed by atoms with Gasteiger partial charge in [-0.3, -0.25) is 0 Å². The first-order chi connectivity index (χ1) is 14.2. The predicted molar refractivity (Wildman–Crippen MR) is 116 cm³/mol. The highest BCUT2D eigenvalue weighted by Gasteiger charge is 2.33. The molecule has 164 valence electrons. The van der Waals surface area contributed by atoms with Crippen LogP contribution < -0.4 is 4.74 Å². The predicted octanol–water partition coefficient (Wildman–Crippen LogP) is 2.90. The van der Waals surface area contributed by atoms with Gasteiger partial charge in [0, 0.05) is 26.2 Å². The first-order valence-electron chi connectivity index (χ1n) is 9.99. The van der Waals surface area contributed by atoms with Gasteiger partial charge in [-0.15, -0.1) is 0 Å². The van der Waals surface area contributed by atoms with E-state index in [9.17, 15) is 16.8 Å². The first kappa shape index (κ1) is 22.7. The Hall–Kier alpha value is -1.94. The molecule has 2 aromatic carbocycles. The van der Waals surface area contributed by atoms with Crippen molar-refractivity contribution in [3.05, 3.63) is 54.1 Å². The van der Waals surface area contributed by atoms with Crippen molar-refractivity contribution in [3.63, 3.8) is 0 Å². The van der Waals surface area contributed by atoms with E-state index in [0.29, 0.717) is 18.3 Å². The Bertz CT molecular complexity index is 1060. The molecule has 7 nitrogen and oxygen atoms in total. The summed E-state index contributed by atoms with van der Waals surface area (Å²) in [5.74, 6) is 0.925. The van der Waals surface area contributed by atoms with Crippen LogP contribution in [0.5, 0.6) is 5.75 Å². The smallest absolute Gasteiger partial charge is 0.243 e. The number of ether oxygens (including phenoxy) is 1. The largest absolute Gasteiger partial charge is 0.494 e. The Morgan fingerprint density at radius 3 is 1.53 bits per heavy atom. The van der Waals surface area contributed by atoms with Gasteiger partial charge in [0.25, 0.3) is 0 Å². The summed E-state index contributed by atoms with van der Waals surface area (Å²) in [4.78, 5) is 0.404. The van der Waals surface area contributed by atoms with E-state index < -0.39 is 20.0 Å². The van der Waals surface area contributed by atoms with E-state index in [2.05, 4.69) is 0 Å². The second-order valence-electron chi connectivity index (χ2n) is 7.44. The van der Waals surface area contributed by atoms with Crippen molar-refractivity contribution in [2.24, 2.45) is 0 Å². The minimum atomic E-state index is -3.69. The van der Waals surface area contributed by atoms with Gasteiger partial charge >= 0.3 is 0 Å². The molecule has 1 aliphatic rings. The Balaban J connectivity index is 1.70. The number of nitrogens with zero attached hydrogens (tertiary/aromatic N) is 2. The van der Waals surface area contributed by atoms with Crippen LogP contribution in [0.15, 0.2) is 58.3 Å². The van der Waals surface area contributed by atoms with Gasteiger partial charge in [-0.25, -0.2) is 16.8 Å². The quantitative estimate of drug-likeness (QED) is 0.645. The van der Waals surface area contributed by atoms with Crippen molar-refractivity contribution in [3.8, 4) is 5.75 Å². The zero-order valence-corrected chi connectivity index (χ0v) is 19.1. The lowest BCUT2D eigenvalue weighted by Gasteiger charge is -2.33. The van der Waals surface area contributed by atoms with E-state index in [0.717, 1.165) is 5.56 Å². The first-order valence-corrected chi connectivity index (χ1v) is 12.9. The van der Waals surface area contributed by atoms with Crippen LogP contribution in [0.1, 0.15) is 32.3 Å². The Morgan fingerprint density at radius 1 is 0.767 bits per heavy atom. The average molecular weight is 453 g/mol. The summed E-state index contributed by atoms with van der Waals surface area (Å²) in [5.41, 5.74) is 1.07. The third-order valence-corrected chi connectivity index (χ3v) is 8.98. The number of rotatable bonds is 7. The van der Waals surface area contributed by atoms with Crippen molar-refractivity contribution >= 4 is 20.0 Å². The summed E-state index contributed by atoms with van der Waals surface area (Å²) in [6, 6.07) is 13.2. The summed E-state index contributed by atoms with van der Waals surface area (Å²) in [7, 11) is -7.34. The summed E-state index contributed by atoms with van der Waals surface area (Å²) in [6.07, 6.45) is 0. The zero-order chi connectivity index (χ0) is 21.9.